The Kier molecular flexibility index (Phi) is 6.55. The van der Waals surface area contributed by atoms with Gasteiger partial charge in [-0.2, -0.15) is 0 Å². The summed E-state index contributed by atoms with van der Waals surface area (Å²) < 4.78 is 4.86. The third-order valence-corrected chi connectivity index (χ3v) is 6.03. The highest BCUT2D eigenvalue weighted by Gasteiger charge is 2.37. The molecule has 2 rings (SSSR count). The molecule has 1 aromatic carbocycles. The lowest BCUT2D eigenvalue weighted by Crippen LogP contribution is -2.34. The number of hydrogen-bond acceptors (Lipinski definition) is 4. The molecule has 0 saturated heterocycles. The number of aryl methyl sites for hydroxylation is 1. The Balaban J connectivity index is 2.31. The van der Waals surface area contributed by atoms with Gasteiger partial charge in [0.25, 0.3) is 0 Å². The fraction of sp³-hybridized carbons (Fsp3) is 0.583. The number of esters is 1. The first-order valence-corrected chi connectivity index (χ1v) is 10.1. The Morgan fingerprint density at radius 1 is 1.14 bits per heavy atom. The maximum Gasteiger partial charge on any atom is 0.330 e. The predicted molar refractivity (Wildman–Crippen MR) is 112 cm³/mol. The highest BCUT2D eigenvalue weighted by molar-refractivity contribution is 5.98. The van der Waals surface area contributed by atoms with Crippen molar-refractivity contribution < 1.29 is 19.4 Å². The molecule has 1 atom stereocenters. The van der Waals surface area contributed by atoms with Crippen molar-refractivity contribution in [1.82, 2.24) is 0 Å². The molecule has 0 bridgehead atoms. The third kappa shape index (κ3) is 4.72. The van der Waals surface area contributed by atoms with Crippen molar-refractivity contribution >= 4 is 11.8 Å². The molecule has 0 aliphatic heterocycles. The molecule has 154 valence electrons. The molecule has 4 heteroatoms. The van der Waals surface area contributed by atoms with E-state index in [2.05, 4.69) is 33.8 Å². The summed E-state index contributed by atoms with van der Waals surface area (Å²) in [5.41, 5.74) is 4.69. The van der Waals surface area contributed by atoms with Crippen LogP contribution in [0.2, 0.25) is 0 Å². The van der Waals surface area contributed by atoms with Crippen LogP contribution in [-0.2, 0) is 20.4 Å². The lowest BCUT2D eigenvalue weighted by Gasteiger charge is -2.42. The average molecular weight is 387 g/mol. The van der Waals surface area contributed by atoms with Crippen LogP contribution in [0.25, 0.3) is 0 Å². The van der Waals surface area contributed by atoms with E-state index in [1.165, 1.54) is 17.2 Å². The molecule has 1 unspecified atom stereocenters. The quantitative estimate of drug-likeness (QED) is 0.434. The van der Waals surface area contributed by atoms with Gasteiger partial charge in [0, 0.05) is 18.1 Å². The zero-order valence-electron chi connectivity index (χ0n) is 18.3. The minimum absolute atomic E-state index is 0.0198. The van der Waals surface area contributed by atoms with Crippen molar-refractivity contribution in [3.05, 3.63) is 46.0 Å². The summed E-state index contributed by atoms with van der Waals surface area (Å²) in [4.78, 5) is 24.5. The summed E-state index contributed by atoms with van der Waals surface area (Å²) in [5, 5.41) is 10.4. The van der Waals surface area contributed by atoms with E-state index < -0.39 is 12.1 Å². The van der Waals surface area contributed by atoms with Gasteiger partial charge in [-0.1, -0.05) is 33.8 Å². The topological polar surface area (TPSA) is 63.6 Å². The fourth-order valence-electron chi connectivity index (χ4n) is 3.94. The molecule has 0 amide bonds. The Hall–Kier alpha value is -1.94. The van der Waals surface area contributed by atoms with E-state index >= 15 is 0 Å². The highest BCUT2D eigenvalue weighted by atomic mass is 16.5. The number of carbonyl (C=O) groups is 2. The minimum atomic E-state index is -1.00. The van der Waals surface area contributed by atoms with Gasteiger partial charge < -0.3 is 9.84 Å². The van der Waals surface area contributed by atoms with Crippen LogP contribution < -0.4 is 0 Å². The van der Waals surface area contributed by atoms with E-state index in [0.29, 0.717) is 11.1 Å². The number of carbonyl (C=O) groups excluding carboxylic acids is 2. The van der Waals surface area contributed by atoms with Crippen molar-refractivity contribution in [2.75, 3.05) is 6.61 Å². The number of hydrogen-bond donors (Lipinski definition) is 1. The zero-order valence-corrected chi connectivity index (χ0v) is 18.3. The normalized spacial score (nSPS) is 18.9. The van der Waals surface area contributed by atoms with E-state index in [9.17, 15) is 14.7 Å². The molecule has 0 aromatic heterocycles. The van der Waals surface area contributed by atoms with Gasteiger partial charge in [0.1, 0.15) is 0 Å². The van der Waals surface area contributed by atoms with E-state index in [0.717, 1.165) is 18.4 Å². The highest BCUT2D eigenvalue weighted by Crippen LogP contribution is 2.46. The standard InChI is InChI=1S/C24H34O4/c1-8-28-22(27)12-16(3)20(25)14-21(26)17-13-19-18(11-15(17)2)23(4,5)9-10-24(19,6)7/h11-13,20,25H,8-10,14H2,1-7H3/b16-12+. The molecule has 1 aromatic rings. The molecule has 0 radical (unpaired) electrons. The fourth-order valence-corrected chi connectivity index (χ4v) is 3.94. The van der Waals surface area contributed by atoms with Crippen LogP contribution in [0.15, 0.2) is 23.8 Å². The first kappa shape index (κ1) is 22.4. The van der Waals surface area contributed by atoms with E-state index in [1.54, 1.807) is 13.8 Å². The molecule has 1 aliphatic rings. The van der Waals surface area contributed by atoms with E-state index in [4.69, 9.17) is 4.74 Å². The van der Waals surface area contributed by atoms with Gasteiger partial charge in [0.15, 0.2) is 5.78 Å². The number of ketones is 1. The van der Waals surface area contributed by atoms with Gasteiger partial charge in [-0.25, -0.2) is 4.79 Å². The van der Waals surface area contributed by atoms with Crippen molar-refractivity contribution in [3.63, 3.8) is 0 Å². The van der Waals surface area contributed by atoms with Crippen LogP contribution in [0.3, 0.4) is 0 Å². The van der Waals surface area contributed by atoms with E-state index in [1.807, 2.05) is 13.0 Å². The molecule has 4 nitrogen and oxygen atoms in total. The maximum atomic E-state index is 12.9. The number of ether oxygens (including phenoxy) is 1. The molecule has 0 fully saturated rings. The second-order valence-corrected chi connectivity index (χ2v) is 9.26. The molecule has 0 spiro atoms. The first-order chi connectivity index (χ1) is 12.9. The van der Waals surface area contributed by atoms with Gasteiger partial charge in [-0.3, -0.25) is 4.79 Å². The maximum absolute atomic E-state index is 12.9. The van der Waals surface area contributed by atoms with Crippen LogP contribution in [-0.4, -0.2) is 29.6 Å². The predicted octanol–water partition coefficient (Wildman–Crippen LogP) is 4.79. The Labute approximate surface area is 169 Å². The van der Waals surface area contributed by atoms with Gasteiger partial charge in [0.05, 0.1) is 12.7 Å². The van der Waals surface area contributed by atoms with Crippen LogP contribution >= 0.6 is 0 Å². The Morgan fingerprint density at radius 3 is 2.21 bits per heavy atom. The number of aliphatic hydroxyl groups excluding tert-OH is 1. The lowest BCUT2D eigenvalue weighted by atomic mass is 9.62. The second kappa shape index (κ2) is 8.20. The van der Waals surface area contributed by atoms with Crippen molar-refractivity contribution in [2.45, 2.75) is 84.7 Å². The molecule has 1 aliphatic carbocycles. The van der Waals surface area contributed by atoms with Gasteiger partial charge in [0.2, 0.25) is 0 Å². The van der Waals surface area contributed by atoms with Gasteiger partial charge >= 0.3 is 5.97 Å². The number of rotatable bonds is 6. The summed E-state index contributed by atoms with van der Waals surface area (Å²) in [5.74, 6) is -0.607. The van der Waals surface area contributed by atoms with Crippen LogP contribution in [0.5, 0.6) is 0 Å². The molecule has 28 heavy (non-hydrogen) atoms. The smallest absolute Gasteiger partial charge is 0.330 e. The van der Waals surface area contributed by atoms with Crippen LogP contribution in [0.4, 0.5) is 0 Å². The SMILES string of the molecule is CCOC(=O)/C=C(\C)C(O)CC(=O)c1cc2c(cc1C)C(C)(C)CCC2(C)C. The van der Waals surface area contributed by atoms with Crippen LogP contribution in [0.1, 0.15) is 87.9 Å². The van der Waals surface area contributed by atoms with Gasteiger partial charge in [-0.05, 0) is 72.8 Å². The first-order valence-electron chi connectivity index (χ1n) is 10.1. The monoisotopic (exact) mass is 386 g/mol. The molecular weight excluding hydrogens is 352 g/mol. The lowest BCUT2D eigenvalue weighted by molar-refractivity contribution is -0.137. The van der Waals surface area contributed by atoms with Crippen molar-refractivity contribution in [2.24, 2.45) is 0 Å². The van der Waals surface area contributed by atoms with Gasteiger partial charge in [-0.15, -0.1) is 0 Å². The summed E-state index contributed by atoms with van der Waals surface area (Å²) in [7, 11) is 0. The molecule has 1 N–H and O–H groups in total. The molecule has 0 heterocycles. The Morgan fingerprint density at radius 2 is 1.68 bits per heavy atom. The van der Waals surface area contributed by atoms with E-state index in [-0.39, 0.29) is 29.6 Å². The minimum Gasteiger partial charge on any atom is -0.463 e. The largest absolute Gasteiger partial charge is 0.463 e. The molecule has 0 saturated carbocycles. The van der Waals surface area contributed by atoms with Crippen LogP contribution in [0, 0.1) is 6.92 Å². The third-order valence-electron chi connectivity index (χ3n) is 6.03. The average Bonchev–Trinajstić information content (AvgIpc) is 2.58. The van der Waals surface area contributed by atoms with Crippen molar-refractivity contribution in [3.8, 4) is 0 Å². The summed E-state index contributed by atoms with van der Waals surface area (Å²) in [6, 6.07) is 4.18. The number of Topliss-reactive ketones (excluding diaryl/α,β-unsaturated/α-hetero) is 1. The number of fused-ring (bicyclic) bond motifs is 1. The number of benzene rings is 1. The summed E-state index contributed by atoms with van der Waals surface area (Å²) in [6.07, 6.45) is 2.40. The summed E-state index contributed by atoms with van der Waals surface area (Å²) in [6.45, 7) is 14.6. The molecular formula is C24H34O4. The zero-order chi connectivity index (χ0) is 21.3. The second-order valence-electron chi connectivity index (χ2n) is 9.26. The number of aliphatic hydroxyl groups is 1. The Bertz CT molecular complexity index is 799. The van der Waals surface area contributed by atoms with Crippen molar-refractivity contribution in [1.29, 1.82) is 0 Å². The summed E-state index contributed by atoms with van der Waals surface area (Å²) >= 11 is 0.